The van der Waals surface area contributed by atoms with Crippen LogP contribution in [-0.4, -0.2) is 12.2 Å². The van der Waals surface area contributed by atoms with E-state index in [0.717, 1.165) is 30.0 Å². The molecule has 0 aliphatic carbocycles. The standard InChI is InChI=1S/C13H19ClN2O/c1-13(8-2-3-9-17-13)12(16-15)10-4-6-11(14)7-5-10/h4-7,12,16H,2-3,8-9,15H2,1H3. The van der Waals surface area contributed by atoms with E-state index < -0.39 is 0 Å². The Morgan fingerprint density at radius 3 is 2.59 bits per heavy atom. The Bertz CT molecular complexity index is 360. The van der Waals surface area contributed by atoms with Crippen LogP contribution in [0.25, 0.3) is 0 Å². The third-order valence-electron chi connectivity index (χ3n) is 3.48. The molecule has 3 nitrogen and oxygen atoms in total. The number of benzene rings is 1. The summed E-state index contributed by atoms with van der Waals surface area (Å²) in [4.78, 5) is 0. The van der Waals surface area contributed by atoms with Gasteiger partial charge in [-0.2, -0.15) is 0 Å². The highest BCUT2D eigenvalue weighted by molar-refractivity contribution is 6.30. The molecule has 0 aromatic heterocycles. The fraction of sp³-hybridized carbons (Fsp3) is 0.538. The Morgan fingerprint density at radius 1 is 1.35 bits per heavy atom. The Morgan fingerprint density at radius 2 is 2.06 bits per heavy atom. The van der Waals surface area contributed by atoms with E-state index in [2.05, 4.69) is 12.3 Å². The van der Waals surface area contributed by atoms with Crippen LogP contribution in [0.15, 0.2) is 24.3 Å². The molecule has 3 N–H and O–H groups in total. The van der Waals surface area contributed by atoms with E-state index in [1.165, 1.54) is 6.42 Å². The van der Waals surface area contributed by atoms with E-state index in [-0.39, 0.29) is 11.6 Å². The smallest absolute Gasteiger partial charge is 0.0861 e. The minimum Gasteiger partial charge on any atom is -0.373 e. The topological polar surface area (TPSA) is 47.3 Å². The van der Waals surface area contributed by atoms with Crippen LogP contribution < -0.4 is 11.3 Å². The highest BCUT2D eigenvalue weighted by Crippen LogP contribution is 2.36. The lowest BCUT2D eigenvalue weighted by Crippen LogP contribution is -2.48. The Balaban J connectivity index is 2.22. The molecule has 1 heterocycles. The maximum atomic E-state index is 5.93. The molecule has 94 valence electrons. The average molecular weight is 255 g/mol. The van der Waals surface area contributed by atoms with Crippen molar-refractivity contribution in [3.63, 3.8) is 0 Å². The van der Waals surface area contributed by atoms with Crippen molar-refractivity contribution in [2.24, 2.45) is 5.84 Å². The van der Waals surface area contributed by atoms with Crippen molar-refractivity contribution >= 4 is 11.6 Å². The molecule has 17 heavy (non-hydrogen) atoms. The Hall–Kier alpha value is -0.610. The number of hydrogen-bond acceptors (Lipinski definition) is 3. The van der Waals surface area contributed by atoms with Crippen molar-refractivity contribution in [2.45, 2.75) is 37.8 Å². The van der Waals surface area contributed by atoms with Gasteiger partial charge in [-0.05, 0) is 43.9 Å². The van der Waals surface area contributed by atoms with Crippen LogP contribution in [0.1, 0.15) is 37.8 Å². The minimum atomic E-state index is -0.235. The van der Waals surface area contributed by atoms with Gasteiger partial charge in [-0.25, -0.2) is 0 Å². The average Bonchev–Trinajstić information content (AvgIpc) is 2.33. The fourth-order valence-corrected chi connectivity index (χ4v) is 2.59. The summed E-state index contributed by atoms with van der Waals surface area (Å²) < 4.78 is 5.93. The van der Waals surface area contributed by atoms with E-state index >= 15 is 0 Å². The molecule has 0 saturated carbocycles. The summed E-state index contributed by atoms with van der Waals surface area (Å²) in [6, 6.07) is 7.76. The van der Waals surface area contributed by atoms with Crippen LogP contribution in [0.2, 0.25) is 5.02 Å². The van der Waals surface area contributed by atoms with E-state index in [4.69, 9.17) is 22.2 Å². The molecule has 0 radical (unpaired) electrons. The van der Waals surface area contributed by atoms with Gasteiger partial charge in [-0.3, -0.25) is 11.3 Å². The molecule has 0 amide bonds. The van der Waals surface area contributed by atoms with Crippen LogP contribution in [0.4, 0.5) is 0 Å². The molecular weight excluding hydrogens is 236 g/mol. The van der Waals surface area contributed by atoms with Gasteiger partial charge in [-0.1, -0.05) is 23.7 Å². The minimum absolute atomic E-state index is 0.0000617. The van der Waals surface area contributed by atoms with Gasteiger partial charge >= 0.3 is 0 Å². The van der Waals surface area contributed by atoms with Crippen LogP contribution in [-0.2, 0) is 4.74 Å². The zero-order chi connectivity index (χ0) is 12.3. The number of hydrogen-bond donors (Lipinski definition) is 2. The summed E-state index contributed by atoms with van der Waals surface area (Å²) in [6.45, 7) is 2.92. The van der Waals surface area contributed by atoms with Crippen molar-refractivity contribution < 1.29 is 4.74 Å². The van der Waals surface area contributed by atoms with Crippen molar-refractivity contribution in [1.82, 2.24) is 5.43 Å². The molecular formula is C13H19ClN2O. The van der Waals surface area contributed by atoms with E-state index in [9.17, 15) is 0 Å². The van der Waals surface area contributed by atoms with Gasteiger partial charge in [0, 0.05) is 11.6 Å². The van der Waals surface area contributed by atoms with Crippen molar-refractivity contribution in [3.8, 4) is 0 Å². The molecule has 0 bridgehead atoms. The molecule has 1 fully saturated rings. The van der Waals surface area contributed by atoms with Crippen molar-refractivity contribution in [2.75, 3.05) is 6.61 Å². The van der Waals surface area contributed by atoms with Gasteiger partial charge in [0.15, 0.2) is 0 Å². The number of nitrogens with one attached hydrogen (secondary N) is 1. The predicted octanol–water partition coefficient (Wildman–Crippen LogP) is 2.80. The Kier molecular flexibility index (Phi) is 4.05. The first kappa shape index (κ1) is 12.8. The largest absolute Gasteiger partial charge is 0.373 e. The number of hydrazine groups is 1. The first-order valence-electron chi connectivity index (χ1n) is 6.01. The van der Waals surface area contributed by atoms with E-state index in [1.807, 2.05) is 24.3 Å². The van der Waals surface area contributed by atoms with Gasteiger partial charge in [0.1, 0.15) is 0 Å². The quantitative estimate of drug-likeness (QED) is 0.644. The van der Waals surface area contributed by atoms with Crippen LogP contribution in [0.3, 0.4) is 0 Å². The Labute approximate surface area is 107 Å². The first-order chi connectivity index (χ1) is 8.15. The zero-order valence-electron chi connectivity index (χ0n) is 10.1. The van der Waals surface area contributed by atoms with Crippen molar-refractivity contribution in [3.05, 3.63) is 34.9 Å². The molecule has 0 spiro atoms. The number of halogens is 1. The highest BCUT2D eigenvalue weighted by Gasteiger charge is 2.37. The van der Waals surface area contributed by atoms with Crippen LogP contribution in [0, 0.1) is 0 Å². The fourth-order valence-electron chi connectivity index (χ4n) is 2.46. The lowest BCUT2D eigenvalue weighted by Gasteiger charge is -2.40. The number of rotatable bonds is 3. The molecule has 1 aromatic rings. The molecule has 4 heteroatoms. The van der Waals surface area contributed by atoms with Gasteiger partial charge in [-0.15, -0.1) is 0 Å². The van der Waals surface area contributed by atoms with Gasteiger partial charge in [0.2, 0.25) is 0 Å². The molecule has 1 saturated heterocycles. The molecule has 1 aliphatic rings. The number of ether oxygens (including phenoxy) is 1. The van der Waals surface area contributed by atoms with Gasteiger partial charge < -0.3 is 4.74 Å². The molecule has 2 unspecified atom stereocenters. The normalized spacial score (nSPS) is 26.8. The predicted molar refractivity (Wildman–Crippen MR) is 69.7 cm³/mol. The van der Waals surface area contributed by atoms with Crippen LogP contribution >= 0.6 is 11.6 Å². The van der Waals surface area contributed by atoms with Crippen molar-refractivity contribution in [1.29, 1.82) is 0 Å². The maximum absolute atomic E-state index is 5.93. The summed E-state index contributed by atoms with van der Waals surface area (Å²) in [6.07, 6.45) is 3.33. The number of nitrogens with two attached hydrogens (primary N) is 1. The SMILES string of the molecule is CC1(C(NN)c2ccc(Cl)cc2)CCCCO1. The lowest BCUT2D eigenvalue weighted by molar-refractivity contribution is -0.0898. The summed E-state index contributed by atoms with van der Waals surface area (Å²) in [5, 5.41) is 0.735. The van der Waals surface area contributed by atoms with Gasteiger partial charge in [0.25, 0.3) is 0 Å². The van der Waals surface area contributed by atoms with Gasteiger partial charge in [0.05, 0.1) is 11.6 Å². The monoisotopic (exact) mass is 254 g/mol. The third-order valence-corrected chi connectivity index (χ3v) is 3.73. The second kappa shape index (κ2) is 5.36. The molecule has 2 atom stereocenters. The van der Waals surface area contributed by atoms with E-state index in [1.54, 1.807) is 0 Å². The molecule has 2 rings (SSSR count). The summed E-state index contributed by atoms with van der Waals surface area (Å²) in [7, 11) is 0. The highest BCUT2D eigenvalue weighted by atomic mass is 35.5. The second-order valence-electron chi connectivity index (χ2n) is 4.77. The van der Waals surface area contributed by atoms with E-state index in [0.29, 0.717) is 0 Å². The molecule has 1 aromatic carbocycles. The molecule has 1 aliphatic heterocycles. The maximum Gasteiger partial charge on any atom is 0.0861 e. The van der Waals surface area contributed by atoms with Crippen LogP contribution in [0.5, 0.6) is 0 Å². The zero-order valence-corrected chi connectivity index (χ0v) is 10.8. The summed E-state index contributed by atoms with van der Waals surface area (Å²) in [5.74, 6) is 5.70. The second-order valence-corrected chi connectivity index (χ2v) is 5.21. The summed E-state index contributed by atoms with van der Waals surface area (Å²) in [5.41, 5.74) is 3.76. The lowest BCUT2D eigenvalue weighted by atomic mass is 9.84. The first-order valence-corrected chi connectivity index (χ1v) is 6.39. The third kappa shape index (κ3) is 2.80. The summed E-state index contributed by atoms with van der Waals surface area (Å²) >= 11 is 5.90.